The normalized spacial score (nSPS) is 10.6. The molecule has 0 saturated carbocycles. The van der Waals surface area contributed by atoms with Gasteiger partial charge in [0.15, 0.2) is 6.61 Å². The first kappa shape index (κ1) is 15.8. The van der Waals surface area contributed by atoms with Crippen molar-refractivity contribution in [1.29, 1.82) is 0 Å². The molecule has 1 aromatic carbocycles. The molecule has 0 aromatic heterocycles. The first-order chi connectivity index (χ1) is 8.95. The van der Waals surface area contributed by atoms with Gasteiger partial charge in [-0.15, -0.1) is 0 Å². The fourth-order valence-corrected chi connectivity index (χ4v) is 2.00. The lowest BCUT2D eigenvalue weighted by molar-refractivity contribution is -0.135. The molecule has 0 aliphatic rings. The van der Waals surface area contributed by atoms with E-state index < -0.39 is 0 Å². The van der Waals surface area contributed by atoms with Crippen LogP contribution in [0.4, 0.5) is 0 Å². The van der Waals surface area contributed by atoms with Crippen LogP contribution in [0.1, 0.15) is 19.4 Å². The molecule has 5 heteroatoms. The summed E-state index contributed by atoms with van der Waals surface area (Å²) in [6.07, 6.45) is 0. The summed E-state index contributed by atoms with van der Waals surface area (Å²) in [5, 5.41) is 9.58. The summed E-state index contributed by atoms with van der Waals surface area (Å²) in [6.45, 7) is 5.91. The second-order valence-electron chi connectivity index (χ2n) is 4.60. The van der Waals surface area contributed by atoms with E-state index >= 15 is 0 Å². The second-order valence-corrected chi connectivity index (χ2v) is 5.04. The van der Waals surface area contributed by atoms with E-state index in [-0.39, 0.29) is 25.2 Å². The standard InChI is InChI=1S/C14H20ClNO3/c1-10(2)16(6-7-17)14(18)9-19-13-5-4-12(15)8-11(13)3/h4-5,8,10,17H,6-7,9H2,1-3H3. The number of aliphatic hydroxyl groups is 1. The molecule has 1 amide bonds. The van der Waals surface area contributed by atoms with Gasteiger partial charge in [0.25, 0.3) is 5.91 Å². The van der Waals surface area contributed by atoms with E-state index in [0.29, 0.717) is 17.3 Å². The van der Waals surface area contributed by atoms with Crippen LogP contribution in [-0.4, -0.2) is 41.7 Å². The van der Waals surface area contributed by atoms with E-state index in [1.807, 2.05) is 20.8 Å². The number of aryl methyl sites for hydroxylation is 1. The number of halogens is 1. The van der Waals surface area contributed by atoms with Crippen LogP contribution < -0.4 is 4.74 Å². The first-order valence-electron chi connectivity index (χ1n) is 6.25. The summed E-state index contributed by atoms with van der Waals surface area (Å²) in [5.74, 6) is 0.504. The fourth-order valence-electron chi connectivity index (χ4n) is 1.78. The summed E-state index contributed by atoms with van der Waals surface area (Å²) < 4.78 is 5.50. The zero-order valence-corrected chi connectivity index (χ0v) is 12.3. The van der Waals surface area contributed by atoms with Gasteiger partial charge in [0.05, 0.1) is 6.61 Å². The van der Waals surface area contributed by atoms with Crippen molar-refractivity contribution >= 4 is 17.5 Å². The van der Waals surface area contributed by atoms with E-state index in [2.05, 4.69) is 0 Å². The maximum atomic E-state index is 12.0. The van der Waals surface area contributed by atoms with Crippen LogP contribution in [0.5, 0.6) is 5.75 Å². The molecule has 0 heterocycles. The highest BCUT2D eigenvalue weighted by atomic mass is 35.5. The van der Waals surface area contributed by atoms with Gasteiger partial charge in [-0.25, -0.2) is 0 Å². The number of aliphatic hydroxyl groups excluding tert-OH is 1. The molecule has 0 bridgehead atoms. The van der Waals surface area contributed by atoms with Crippen molar-refractivity contribution in [2.24, 2.45) is 0 Å². The SMILES string of the molecule is Cc1cc(Cl)ccc1OCC(=O)N(CCO)C(C)C. The van der Waals surface area contributed by atoms with Gasteiger partial charge in [0.2, 0.25) is 0 Å². The third kappa shape index (κ3) is 4.73. The van der Waals surface area contributed by atoms with Crippen LogP contribution in [0, 0.1) is 6.92 Å². The number of rotatable bonds is 6. The Morgan fingerprint density at radius 2 is 2.16 bits per heavy atom. The number of ether oxygens (including phenoxy) is 1. The molecule has 0 fully saturated rings. The van der Waals surface area contributed by atoms with E-state index in [0.717, 1.165) is 5.56 Å². The van der Waals surface area contributed by atoms with Crippen LogP contribution in [0.25, 0.3) is 0 Å². The molecule has 0 aliphatic heterocycles. The van der Waals surface area contributed by atoms with Crippen molar-refractivity contribution in [3.8, 4) is 5.75 Å². The number of amides is 1. The summed E-state index contributed by atoms with van der Waals surface area (Å²) in [7, 11) is 0. The molecular weight excluding hydrogens is 266 g/mol. The van der Waals surface area contributed by atoms with E-state index in [4.69, 9.17) is 21.4 Å². The van der Waals surface area contributed by atoms with Gasteiger partial charge < -0.3 is 14.7 Å². The Morgan fingerprint density at radius 3 is 2.68 bits per heavy atom. The van der Waals surface area contributed by atoms with Crippen LogP contribution >= 0.6 is 11.6 Å². The summed E-state index contributed by atoms with van der Waals surface area (Å²) in [6, 6.07) is 5.29. The average molecular weight is 286 g/mol. The second kappa shape index (κ2) is 7.36. The Hall–Kier alpha value is -1.26. The number of hydrogen-bond acceptors (Lipinski definition) is 3. The highest BCUT2D eigenvalue weighted by Gasteiger charge is 2.17. The van der Waals surface area contributed by atoms with Crippen molar-refractivity contribution in [3.63, 3.8) is 0 Å². The van der Waals surface area contributed by atoms with Gasteiger partial charge in [-0.1, -0.05) is 11.6 Å². The van der Waals surface area contributed by atoms with Gasteiger partial charge in [-0.05, 0) is 44.5 Å². The lowest BCUT2D eigenvalue weighted by atomic mass is 10.2. The highest BCUT2D eigenvalue weighted by Crippen LogP contribution is 2.21. The lowest BCUT2D eigenvalue weighted by Crippen LogP contribution is -2.41. The monoisotopic (exact) mass is 285 g/mol. The minimum Gasteiger partial charge on any atom is -0.483 e. The van der Waals surface area contributed by atoms with Crippen molar-refractivity contribution < 1.29 is 14.6 Å². The maximum Gasteiger partial charge on any atom is 0.260 e. The molecule has 4 nitrogen and oxygen atoms in total. The van der Waals surface area contributed by atoms with E-state index in [1.54, 1.807) is 23.1 Å². The Morgan fingerprint density at radius 1 is 1.47 bits per heavy atom. The van der Waals surface area contributed by atoms with Gasteiger partial charge >= 0.3 is 0 Å². The summed E-state index contributed by atoms with van der Waals surface area (Å²) in [4.78, 5) is 13.6. The molecule has 19 heavy (non-hydrogen) atoms. The zero-order chi connectivity index (χ0) is 14.4. The van der Waals surface area contributed by atoms with Crippen molar-refractivity contribution in [3.05, 3.63) is 28.8 Å². The molecule has 106 valence electrons. The van der Waals surface area contributed by atoms with Crippen molar-refractivity contribution in [2.75, 3.05) is 19.8 Å². The minimum atomic E-state index is -0.140. The quantitative estimate of drug-likeness (QED) is 0.872. The Balaban J connectivity index is 2.62. The summed E-state index contributed by atoms with van der Waals surface area (Å²) >= 11 is 5.85. The summed E-state index contributed by atoms with van der Waals surface area (Å²) in [5.41, 5.74) is 0.888. The number of carbonyl (C=O) groups excluding carboxylic acids is 1. The van der Waals surface area contributed by atoms with Crippen LogP contribution in [0.15, 0.2) is 18.2 Å². The smallest absolute Gasteiger partial charge is 0.260 e. The Bertz CT molecular complexity index is 435. The molecule has 0 unspecified atom stereocenters. The Labute approximate surface area is 118 Å². The predicted molar refractivity (Wildman–Crippen MR) is 75.6 cm³/mol. The number of carbonyl (C=O) groups is 1. The molecular formula is C14H20ClNO3. The molecule has 0 aliphatic carbocycles. The lowest BCUT2D eigenvalue weighted by Gasteiger charge is -2.26. The minimum absolute atomic E-state index is 0.0366. The van der Waals surface area contributed by atoms with Crippen LogP contribution in [0.2, 0.25) is 5.02 Å². The fraction of sp³-hybridized carbons (Fsp3) is 0.500. The molecule has 0 radical (unpaired) electrons. The largest absolute Gasteiger partial charge is 0.483 e. The predicted octanol–water partition coefficient (Wildman–Crippen LogP) is 2.26. The number of hydrogen-bond donors (Lipinski definition) is 1. The highest BCUT2D eigenvalue weighted by molar-refractivity contribution is 6.30. The molecule has 0 atom stereocenters. The Kier molecular flexibility index (Phi) is 6.12. The van der Waals surface area contributed by atoms with Gasteiger partial charge in [0.1, 0.15) is 5.75 Å². The molecule has 0 spiro atoms. The van der Waals surface area contributed by atoms with Crippen LogP contribution in [-0.2, 0) is 4.79 Å². The first-order valence-corrected chi connectivity index (χ1v) is 6.62. The third-order valence-corrected chi connectivity index (χ3v) is 3.01. The average Bonchev–Trinajstić information content (AvgIpc) is 2.34. The maximum absolute atomic E-state index is 12.0. The van der Waals surface area contributed by atoms with E-state index in [9.17, 15) is 4.79 Å². The van der Waals surface area contributed by atoms with Crippen molar-refractivity contribution in [1.82, 2.24) is 4.90 Å². The zero-order valence-electron chi connectivity index (χ0n) is 11.5. The van der Waals surface area contributed by atoms with E-state index in [1.165, 1.54) is 0 Å². The van der Waals surface area contributed by atoms with Crippen LogP contribution in [0.3, 0.4) is 0 Å². The van der Waals surface area contributed by atoms with Crippen molar-refractivity contribution in [2.45, 2.75) is 26.8 Å². The topological polar surface area (TPSA) is 49.8 Å². The molecule has 1 rings (SSSR count). The molecule has 0 saturated heterocycles. The molecule has 1 aromatic rings. The van der Waals surface area contributed by atoms with Gasteiger partial charge in [-0.2, -0.15) is 0 Å². The van der Waals surface area contributed by atoms with Gasteiger partial charge in [-0.3, -0.25) is 4.79 Å². The van der Waals surface area contributed by atoms with Gasteiger partial charge in [0, 0.05) is 17.6 Å². The number of benzene rings is 1. The third-order valence-electron chi connectivity index (χ3n) is 2.77. The number of nitrogens with zero attached hydrogens (tertiary/aromatic N) is 1. The molecule has 1 N–H and O–H groups in total.